The van der Waals surface area contributed by atoms with Crippen LogP contribution in [0.3, 0.4) is 0 Å². The average molecular weight is 577 g/mol. The number of hydrogen-bond donors (Lipinski definition) is 0. The molecule has 6 rings (SSSR count). The SMILES string of the molecule is CCOC(=O)C1=C(c2ccccc2)N=c2s/c(=C/c3c(OC)ccc4ccccc34)c(=O)n2[C@@H]1c1cccc(OC)c1. The van der Waals surface area contributed by atoms with Gasteiger partial charge in [-0.15, -0.1) is 0 Å². The summed E-state index contributed by atoms with van der Waals surface area (Å²) in [4.78, 5) is 33.4. The third kappa shape index (κ3) is 4.80. The van der Waals surface area contributed by atoms with Gasteiger partial charge in [0.2, 0.25) is 0 Å². The van der Waals surface area contributed by atoms with Crippen LogP contribution in [0.2, 0.25) is 0 Å². The summed E-state index contributed by atoms with van der Waals surface area (Å²) in [6.07, 6.45) is 1.85. The molecule has 0 radical (unpaired) electrons. The highest BCUT2D eigenvalue weighted by molar-refractivity contribution is 7.07. The Morgan fingerprint density at radius 3 is 2.50 bits per heavy atom. The number of rotatable bonds is 7. The van der Waals surface area contributed by atoms with Crippen molar-refractivity contribution in [3.8, 4) is 11.5 Å². The van der Waals surface area contributed by atoms with Gasteiger partial charge in [-0.1, -0.05) is 84.1 Å². The van der Waals surface area contributed by atoms with Crippen molar-refractivity contribution in [3.05, 3.63) is 133 Å². The molecule has 1 aliphatic rings. The highest BCUT2D eigenvalue weighted by Crippen LogP contribution is 2.36. The molecule has 1 atom stereocenters. The fourth-order valence-corrected chi connectivity index (χ4v) is 6.28. The third-order valence-corrected chi connectivity index (χ3v) is 8.19. The van der Waals surface area contributed by atoms with Gasteiger partial charge in [0.05, 0.1) is 42.7 Å². The molecule has 0 bridgehead atoms. The molecule has 42 heavy (non-hydrogen) atoms. The lowest BCUT2D eigenvalue weighted by Gasteiger charge is -2.26. The van der Waals surface area contributed by atoms with E-state index in [1.807, 2.05) is 97.1 Å². The molecule has 0 saturated heterocycles. The molecule has 7 nitrogen and oxygen atoms in total. The van der Waals surface area contributed by atoms with Gasteiger partial charge in [0.1, 0.15) is 11.5 Å². The Morgan fingerprint density at radius 2 is 1.74 bits per heavy atom. The number of benzene rings is 4. The molecule has 210 valence electrons. The summed E-state index contributed by atoms with van der Waals surface area (Å²) in [5, 5.41) is 1.99. The van der Waals surface area contributed by atoms with Crippen molar-refractivity contribution in [1.82, 2.24) is 4.57 Å². The second kappa shape index (κ2) is 11.5. The Bertz CT molecular complexity index is 2020. The first-order valence-electron chi connectivity index (χ1n) is 13.5. The van der Waals surface area contributed by atoms with E-state index in [1.165, 1.54) is 11.3 Å². The first kappa shape index (κ1) is 27.2. The number of esters is 1. The van der Waals surface area contributed by atoms with Crippen LogP contribution in [0.5, 0.6) is 11.5 Å². The molecule has 1 aliphatic heterocycles. The molecule has 1 aromatic heterocycles. The Labute approximate surface area is 246 Å². The van der Waals surface area contributed by atoms with Crippen LogP contribution in [0.25, 0.3) is 22.5 Å². The Kier molecular flexibility index (Phi) is 7.46. The molecule has 8 heteroatoms. The van der Waals surface area contributed by atoms with Crippen LogP contribution in [0.1, 0.15) is 29.7 Å². The molecule has 0 unspecified atom stereocenters. The van der Waals surface area contributed by atoms with Gasteiger partial charge in [-0.25, -0.2) is 9.79 Å². The van der Waals surface area contributed by atoms with Gasteiger partial charge in [0.15, 0.2) is 4.80 Å². The van der Waals surface area contributed by atoms with Gasteiger partial charge in [-0.2, -0.15) is 0 Å². The normalized spacial score (nSPS) is 14.8. The van der Waals surface area contributed by atoms with Crippen LogP contribution in [0, 0.1) is 0 Å². The van der Waals surface area contributed by atoms with E-state index < -0.39 is 12.0 Å². The van der Waals surface area contributed by atoms with Crippen LogP contribution in [-0.4, -0.2) is 31.4 Å². The summed E-state index contributed by atoms with van der Waals surface area (Å²) in [5.41, 5.74) is 2.75. The molecule has 0 saturated carbocycles. The lowest BCUT2D eigenvalue weighted by Crippen LogP contribution is -2.40. The van der Waals surface area contributed by atoms with E-state index in [0.717, 1.165) is 21.9 Å². The lowest BCUT2D eigenvalue weighted by atomic mass is 9.93. The summed E-state index contributed by atoms with van der Waals surface area (Å²) < 4.78 is 18.8. The Hall–Kier alpha value is -4.95. The first-order valence-corrected chi connectivity index (χ1v) is 14.3. The van der Waals surface area contributed by atoms with Crippen molar-refractivity contribution in [2.75, 3.05) is 20.8 Å². The van der Waals surface area contributed by atoms with Crippen molar-refractivity contribution in [1.29, 1.82) is 0 Å². The van der Waals surface area contributed by atoms with Crippen LogP contribution >= 0.6 is 11.3 Å². The number of methoxy groups -OCH3 is 2. The highest BCUT2D eigenvalue weighted by Gasteiger charge is 2.35. The second-order valence-corrected chi connectivity index (χ2v) is 10.6. The van der Waals surface area contributed by atoms with Crippen LogP contribution < -0.4 is 24.4 Å². The number of nitrogens with zero attached hydrogens (tertiary/aromatic N) is 2. The third-order valence-electron chi connectivity index (χ3n) is 7.21. The molecule has 5 aromatic rings. The van der Waals surface area contributed by atoms with E-state index in [9.17, 15) is 9.59 Å². The topological polar surface area (TPSA) is 79.1 Å². The number of hydrogen-bond acceptors (Lipinski definition) is 7. The quantitative estimate of drug-likeness (QED) is 0.252. The summed E-state index contributed by atoms with van der Waals surface area (Å²) in [5.74, 6) is 0.732. The molecule has 0 aliphatic carbocycles. The number of carbonyl (C=O) groups excluding carboxylic acids is 1. The molecule has 0 fully saturated rings. The number of fused-ring (bicyclic) bond motifs is 2. The van der Waals surface area contributed by atoms with Gasteiger partial charge in [-0.3, -0.25) is 9.36 Å². The van der Waals surface area contributed by atoms with E-state index >= 15 is 0 Å². The summed E-state index contributed by atoms with van der Waals surface area (Å²) in [6, 6.07) is 27.9. The Morgan fingerprint density at radius 1 is 0.952 bits per heavy atom. The van der Waals surface area contributed by atoms with Crippen LogP contribution in [0.15, 0.2) is 106 Å². The zero-order valence-electron chi connectivity index (χ0n) is 23.4. The van der Waals surface area contributed by atoms with Crippen molar-refractivity contribution >= 4 is 39.9 Å². The lowest BCUT2D eigenvalue weighted by molar-refractivity contribution is -0.138. The van der Waals surface area contributed by atoms with Crippen molar-refractivity contribution in [2.24, 2.45) is 4.99 Å². The largest absolute Gasteiger partial charge is 0.497 e. The zero-order chi connectivity index (χ0) is 29.2. The first-order chi connectivity index (χ1) is 20.5. The number of thiazole rings is 1. The number of aromatic nitrogens is 1. The van der Waals surface area contributed by atoms with Gasteiger partial charge in [0, 0.05) is 11.1 Å². The van der Waals surface area contributed by atoms with E-state index in [-0.39, 0.29) is 17.7 Å². The summed E-state index contributed by atoms with van der Waals surface area (Å²) in [6.45, 7) is 1.94. The predicted molar refractivity (Wildman–Crippen MR) is 165 cm³/mol. The molecule has 4 aromatic carbocycles. The summed E-state index contributed by atoms with van der Waals surface area (Å²) in [7, 11) is 3.20. The molecule has 0 spiro atoms. The Balaban J connectivity index is 1.69. The monoisotopic (exact) mass is 576 g/mol. The fourth-order valence-electron chi connectivity index (χ4n) is 5.30. The van der Waals surface area contributed by atoms with Crippen LogP contribution in [-0.2, 0) is 9.53 Å². The minimum absolute atomic E-state index is 0.181. The molecule has 0 amide bonds. The van der Waals surface area contributed by atoms with Gasteiger partial charge >= 0.3 is 5.97 Å². The minimum Gasteiger partial charge on any atom is -0.497 e. The maximum atomic E-state index is 14.3. The van der Waals surface area contributed by atoms with E-state index in [0.29, 0.717) is 32.1 Å². The second-order valence-electron chi connectivity index (χ2n) is 9.61. The van der Waals surface area contributed by atoms with E-state index in [4.69, 9.17) is 19.2 Å². The standard InChI is InChI=1S/C34H28N2O5S/c1-4-41-33(38)29-30(22-12-6-5-7-13-22)35-34-36(31(29)23-14-10-15-24(19-23)39-2)32(37)28(42-34)20-26-25-16-9-8-11-21(25)17-18-27(26)40-3/h5-20,31H,4H2,1-3H3/b28-20+/t31-/m1/s1. The van der Waals surface area contributed by atoms with Crippen molar-refractivity contribution in [3.63, 3.8) is 0 Å². The van der Waals surface area contributed by atoms with Gasteiger partial charge in [-0.05, 0) is 47.5 Å². The van der Waals surface area contributed by atoms with Gasteiger partial charge in [0.25, 0.3) is 5.56 Å². The number of ether oxygens (including phenoxy) is 3. The maximum absolute atomic E-state index is 14.3. The minimum atomic E-state index is -0.790. The number of carbonyl (C=O) groups is 1. The molecule has 2 heterocycles. The maximum Gasteiger partial charge on any atom is 0.338 e. The average Bonchev–Trinajstić information content (AvgIpc) is 3.35. The van der Waals surface area contributed by atoms with Gasteiger partial charge < -0.3 is 14.2 Å². The van der Waals surface area contributed by atoms with Crippen molar-refractivity contribution in [2.45, 2.75) is 13.0 Å². The van der Waals surface area contributed by atoms with Crippen molar-refractivity contribution < 1.29 is 19.0 Å². The van der Waals surface area contributed by atoms with Crippen LogP contribution in [0.4, 0.5) is 0 Å². The smallest absolute Gasteiger partial charge is 0.338 e. The van der Waals surface area contributed by atoms with E-state index in [2.05, 4.69) is 0 Å². The molecule has 0 N–H and O–H groups in total. The zero-order valence-corrected chi connectivity index (χ0v) is 24.2. The fraction of sp³-hybridized carbons (Fsp3) is 0.147. The molecular weight excluding hydrogens is 548 g/mol. The predicted octanol–water partition coefficient (Wildman–Crippen LogP) is 5.11. The summed E-state index contributed by atoms with van der Waals surface area (Å²) >= 11 is 1.27. The highest BCUT2D eigenvalue weighted by atomic mass is 32.1. The van der Waals surface area contributed by atoms with E-state index in [1.54, 1.807) is 25.7 Å². The molecular formula is C34H28N2O5S.